The van der Waals surface area contributed by atoms with Gasteiger partial charge in [-0.25, -0.2) is 4.79 Å². The van der Waals surface area contributed by atoms with Crippen LogP contribution in [0.25, 0.3) is 0 Å². The van der Waals surface area contributed by atoms with E-state index in [-0.39, 0.29) is 0 Å². The lowest BCUT2D eigenvalue weighted by Crippen LogP contribution is -2.04. The number of hydrogen-bond donors (Lipinski definition) is 1. The summed E-state index contributed by atoms with van der Waals surface area (Å²) in [7, 11) is 0. The third-order valence-electron chi connectivity index (χ3n) is 2.81. The first kappa shape index (κ1) is 10.6. The normalized spacial score (nSPS) is 15.3. The maximum Gasteiger partial charge on any atom is 0.336 e. The summed E-state index contributed by atoms with van der Waals surface area (Å²) in [6, 6.07) is 3.65. The van der Waals surface area contributed by atoms with E-state index < -0.39 is 5.97 Å². The molecule has 1 aromatic carbocycles. The van der Waals surface area contributed by atoms with Crippen LogP contribution >= 0.6 is 11.8 Å². The molecule has 0 aliphatic heterocycles. The first-order valence-electron chi connectivity index (χ1n) is 5.06. The van der Waals surface area contributed by atoms with Crippen LogP contribution in [0.1, 0.15) is 40.2 Å². The highest BCUT2D eigenvalue weighted by atomic mass is 32.2. The Bertz CT molecular complexity index is 408. The van der Waals surface area contributed by atoms with Crippen LogP contribution < -0.4 is 0 Å². The lowest BCUT2D eigenvalue weighted by atomic mass is 10.0. The van der Waals surface area contributed by atoms with Crippen molar-refractivity contribution in [3.8, 4) is 0 Å². The van der Waals surface area contributed by atoms with E-state index in [1.165, 1.54) is 5.56 Å². The fourth-order valence-corrected chi connectivity index (χ4v) is 2.83. The molecule has 3 heteroatoms. The summed E-state index contributed by atoms with van der Waals surface area (Å²) in [6.07, 6.45) is 4.29. The van der Waals surface area contributed by atoms with Gasteiger partial charge in [0.25, 0.3) is 0 Å². The molecule has 1 N–H and O–H groups in total. The number of hydrogen-bond acceptors (Lipinski definition) is 2. The van der Waals surface area contributed by atoms with E-state index in [9.17, 15) is 4.79 Å². The van der Waals surface area contributed by atoms with Gasteiger partial charge in [0.2, 0.25) is 0 Å². The van der Waals surface area contributed by atoms with Crippen molar-refractivity contribution in [2.45, 2.75) is 30.6 Å². The summed E-state index contributed by atoms with van der Waals surface area (Å²) < 4.78 is 0. The van der Waals surface area contributed by atoms with Crippen LogP contribution in [0.2, 0.25) is 0 Å². The number of carbonyl (C=O) groups is 1. The minimum absolute atomic E-state index is 0.485. The number of carboxylic acids is 1. The van der Waals surface area contributed by atoms with Gasteiger partial charge in [-0.15, -0.1) is 11.8 Å². The van der Waals surface area contributed by atoms with E-state index in [2.05, 4.69) is 0 Å². The topological polar surface area (TPSA) is 37.3 Å². The molecule has 2 rings (SSSR count). The standard InChI is InChI=1S/C12H14O2S/c1-7-3-6-9(12(13)14)10(8-4-5-8)11(7)15-2/h3,6,8H,4-5H2,1-2H3,(H,13,14). The molecular formula is C12H14O2S. The maximum absolute atomic E-state index is 11.1. The molecule has 15 heavy (non-hydrogen) atoms. The minimum atomic E-state index is -0.799. The molecule has 0 radical (unpaired) electrons. The van der Waals surface area contributed by atoms with Crippen molar-refractivity contribution >= 4 is 17.7 Å². The number of carboxylic acid groups (broad SMARTS) is 1. The molecule has 0 amide bonds. The summed E-state index contributed by atoms with van der Waals surface area (Å²) in [6.45, 7) is 2.04. The van der Waals surface area contributed by atoms with Crippen LogP contribution in [0.3, 0.4) is 0 Å². The monoisotopic (exact) mass is 222 g/mol. The molecule has 0 saturated heterocycles. The summed E-state index contributed by atoms with van der Waals surface area (Å²) >= 11 is 1.66. The van der Waals surface area contributed by atoms with Gasteiger partial charge >= 0.3 is 5.97 Å². The van der Waals surface area contributed by atoms with E-state index in [0.29, 0.717) is 11.5 Å². The first-order chi connectivity index (χ1) is 7.15. The van der Waals surface area contributed by atoms with Crippen molar-refractivity contribution in [3.63, 3.8) is 0 Å². The minimum Gasteiger partial charge on any atom is -0.478 e. The second-order valence-corrected chi connectivity index (χ2v) is 4.77. The highest BCUT2D eigenvalue weighted by Gasteiger charge is 2.30. The molecule has 0 unspecified atom stereocenters. The molecule has 0 bridgehead atoms. The van der Waals surface area contributed by atoms with Crippen molar-refractivity contribution in [2.75, 3.05) is 6.26 Å². The number of benzene rings is 1. The van der Waals surface area contributed by atoms with Crippen LogP contribution in [-0.4, -0.2) is 17.3 Å². The maximum atomic E-state index is 11.1. The Morgan fingerprint density at radius 3 is 2.60 bits per heavy atom. The van der Waals surface area contributed by atoms with Gasteiger partial charge in [-0.1, -0.05) is 6.07 Å². The molecule has 80 valence electrons. The van der Waals surface area contributed by atoms with Crippen molar-refractivity contribution < 1.29 is 9.90 Å². The van der Waals surface area contributed by atoms with Gasteiger partial charge in [0, 0.05) is 4.90 Å². The van der Waals surface area contributed by atoms with Gasteiger partial charge < -0.3 is 5.11 Å². The van der Waals surface area contributed by atoms with E-state index in [0.717, 1.165) is 23.3 Å². The number of thioether (sulfide) groups is 1. The molecule has 0 spiro atoms. The Hall–Kier alpha value is -0.960. The zero-order valence-corrected chi connectivity index (χ0v) is 9.73. The van der Waals surface area contributed by atoms with Gasteiger partial charge in [-0.05, 0) is 49.1 Å². The van der Waals surface area contributed by atoms with Crippen LogP contribution in [0.15, 0.2) is 17.0 Å². The van der Waals surface area contributed by atoms with Gasteiger partial charge in [0.1, 0.15) is 0 Å². The lowest BCUT2D eigenvalue weighted by molar-refractivity contribution is 0.0695. The van der Waals surface area contributed by atoms with E-state index >= 15 is 0 Å². The van der Waals surface area contributed by atoms with Gasteiger partial charge in [0.15, 0.2) is 0 Å². The zero-order valence-electron chi connectivity index (χ0n) is 8.91. The fourth-order valence-electron chi connectivity index (χ4n) is 1.94. The van der Waals surface area contributed by atoms with Gasteiger partial charge in [0.05, 0.1) is 5.56 Å². The SMILES string of the molecule is CSc1c(C)ccc(C(=O)O)c1C1CC1. The number of aryl methyl sites for hydroxylation is 1. The van der Waals surface area contributed by atoms with Crippen molar-refractivity contribution in [1.82, 2.24) is 0 Å². The van der Waals surface area contributed by atoms with Crippen LogP contribution in [0, 0.1) is 6.92 Å². The largest absolute Gasteiger partial charge is 0.478 e. The molecule has 1 saturated carbocycles. The Balaban J connectivity index is 2.60. The third kappa shape index (κ3) is 1.88. The molecule has 0 aromatic heterocycles. The highest BCUT2D eigenvalue weighted by molar-refractivity contribution is 7.98. The Labute approximate surface area is 93.7 Å². The van der Waals surface area contributed by atoms with Crippen molar-refractivity contribution in [3.05, 3.63) is 28.8 Å². The third-order valence-corrected chi connectivity index (χ3v) is 3.76. The fraction of sp³-hybridized carbons (Fsp3) is 0.417. The van der Waals surface area contributed by atoms with Crippen LogP contribution in [0.5, 0.6) is 0 Å². The summed E-state index contributed by atoms with van der Waals surface area (Å²) in [4.78, 5) is 12.3. The number of aromatic carboxylic acids is 1. The predicted molar refractivity (Wildman–Crippen MR) is 61.9 cm³/mol. The second-order valence-electron chi connectivity index (χ2n) is 3.96. The molecule has 1 aliphatic rings. The summed E-state index contributed by atoms with van der Waals surface area (Å²) in [5.41, 5.74) is 2.75. The Kier molecular flexibility index (Phi) is 2.74. The zero-order chi connectivity index (χ0) is 11.0. The first-order valence-corrected chi connectivity index (χ1v) is 6.28. The smallest absolute Gasteiger partial charge is 0.336 e. The molecule has 0 atom stereocenters. The molecule has 1 aromatic rings. The summed E-state index contributed by atoms with van der Waals surface area (Å²) in [5, 5.41) is 9.14. The quantitative estimate of drug-likeness (QED) is 0.797. The van der Waals surface area contributed by atoms with E-state index in [1.807, 2.05) is 19.2 Å². The second kappa shape index (κ2) is 3.89. The van der Waals surface area contributed by atoms with E-state index in [4.69, 9.17) is 5.11 Å². The van der Waals surface area contributed by atoms with Gasteiger partial charge in [-0.2, -0.15) is 0 Å². The average molecular weight is 222 g/mol. The average Bonchev–Trinajstić information content (AvgIpc) is 2.99. The predicted octanol–water partition coefficient (Wildman–Crippen LogP) is 3.29. The van der Waals surface area contributed by atoms with Crippen molar-refractivity contribution in [2.24, 2.45) is 0 Å². The van der Waals surface area contributed by atoms with E-state index in [1.54, 1.807) is 17.8 Å². The van der Waals surface area contributed by atoms with Crippen LogP contribution in [-0.2, 0) is 0 Å². The Morgan fingerprint density at radius 2 is 2.13 bits per heavy atom. The molecule has 1 aliphatic carbocycles. The number of rotatable bonds is 3. The molecule has 0 heterocycles. The van der Waals surface area contributed by atoms with Crippen molar-refractivity contribution in [1.29, 1.82) is 0 Å². The lowest BCUT2D eigenvalue weighted by Gasteiger charge is -2.12. The highest BCUT2D eigenvalue weighted by Crippen LogP contribution is 2.46. The van der Waals surface area contributed by atoms with Crippen LogP contribution in [0.4, 0.5) is 0 Å². The summed E-state index contributed by atoms with van der Waals surface area (Å²) in [5.74, 6) is -0.314. The van der Waals surface area contributed by atoms with Gasteiger partial charge in [-0.3, -0.25) is 0 Å². The molecular weight excluding hydrogens is 208 g/mol. The molecule has 2 nitrogen and oxygen atoms in total. The molecule has 1 fully saturated rings. The Morgan fingerprint density at radius 1 is 1.47 bits per heavy atom.